The molecule has 2 saturated heterocycles. The normalized spacial score (nSPS) is 47.5. The zero-order valence-corrected chi connectivity index (χ0v) is 28.3. The third-order valence-electron chi connectivity index (χ3n) is 9.19. The highest BCUT2D eigenvalue weighted by Crippen LogP contribution is 2.36. The summed E-state index contributed by atoms with van der Waals surface area (Å²) in [5.41, 5.74) is 0. The molecule has 0 spiro atoms. The summed E-state index contributed by atoms with van der Waals surface area (Å²) in [5, 5.41) is 54.1. The van der Waals surface area contributed by atoms with Crippen molar-refractivity contribution < 1.29 is 68.3 Å². The summed E-state index contributed by atoms with van der Waals surface area (Å²) < 4.78 is 40.6. The second-order valence-electron chi connectivity index (χ2n) is 13.2. The van der Waals surface area contributed by atoms with Crippen molar-refractivity contribution in [3.8, 4) is 0 Å². The molecule has 0 saturated carbocycles. The van der Waals surface area contributed by atoms with E-state index >= 15 is 0 Å². The molecule has 5 N–H and O–H groups in total. The first-order valence-electron chi connectivity index (χ1n) is 16.3. The van der Waals surface area contributed by atoms with Gasteiger partial charge >= 0.3 is 5.97 Å². The number of allylic oxidation sites excluding steroid dienone is 2. The van der Waals surface area contributed by atoms with Gasteiger partial charge in [-0.1, -0.05) is 38.2 Å². The van der Waals surface area contributed by atoms with E-state index < -0.39 is 104 Å². The number of ether oxygens (including phenoxy) is 7. The lowest BCUT2D eigenvalue weighted by Gasteiger charge is -2.47. The maximum atomic E-state index is 12.7. The third-order valence-corrected chi connectivity index (χ3v) is 9.19. The summed E-state index contributed by atoms with van der Waals surface area (Å²) in [6.45, 7) is 8.39. The van der Waals surface area contributed by atoms with Crippen LogP contribution in [0.1, 0.15) is 67.2 Å². The Morgan fingerprint density at radius 3 is 2.32 bits per heavy atom. The molecule has 270 valence electrons. The van der Waals surface area contributed by atoms with E-state index in [2.05, 4.69) is 0 Å². The largest absolute Gasteiger partial charge is 0.462 e. The monoisotopic (exact) mass is 674 g/mol. The first kappa shape index (κ1) is 39.6. The smallest absolute Gasteiger partial charge is 0.308 e. The van der Waals surface area contributed by atoms with Crippen LogP contribution in [-0.2, 0) is 42.7 Å². The van der Waals surface area contributed by atoms with Crippen LogP contribution in [0.15, 0.2) is 24.3 Å². The predicted octanol–water partition coefficient (Wildman–Crippen LogP) is 1.09. The van der Waals surface area contributed by atoms with Crippen LogP contribution in [0.25, 0.3) is 0 Å². The van der Waals surface area contributed by atoms with Crippen LogP contribution in [-0.4, -0.2) is 124 Å². The molecule has 0 amide bonds. The number of aliphatic hydroxyl groups excluding tert-OH is 4. The van der Waals surface area contributed by atoms with Crippen molar-refractivity contribution in [1.29, 1.82) is 0 Å². The number of esters is 1. The molecule has 47 heavy (non-hydrogen) atoms. The van der Waals surface area contributed by atoms with Crippen LogP contribution in [0.2, 0.25) is 0 Å². The Morgan fingerprint density at radius 1 is 0.979 bits per heavy atom. The summed E-state index contributed by atoms with van der Waals surface area (Å²) in [5.74, 6) is -4.24. The molecule has 16 atom stereocenters. The summed E-state index contributed by atoms with van der Waals surface area (Å²) in [6.07, 6.45) is -3.47. The van der Waals surface area contributed by atoms with Gasteiger partial charge in [0, 0.05) is 25.9 Å². The van der Waals surface area contributed by atoms with Gasteiger partial charge < -0.3 is 58.7 Å². The Bertz CT molecular complexity index is 1050. The van der Waals surface area contributed by atoms with Crippen molar-refractivity contribution in [2.75, 3.05) is 7.11 Å². The van der Waals surface area contributed by atoms with E-state index in [0.29, 0.717) is 12.7 Å². The Kier molecular flexibility index (Phi) is 14.9. The fourth-order valence-corrected chi connectivity index (χ4v) is 6.30. The molecule has 0 aromatic carbocycles. The number of aliphatic hydroxyl groups is 5. The third kappa shape index (κ3) is 10.6. The fraction of sp³-hybridized carbons (Fsp3) is 0.818. The highest BCUT2D eigenvalue weighted by atomic mass is 16.9. The lowest BCUT2D eigenvalue weighted by molar-refractivity contribution is -0.456. The summed E-state index contributed by atoms with van der Waals surface area (Å²) in [4.78, 5) is 24.7. The van der Waals surface area contributed by atoms with Crippen LogP contribution in [0.5, 0.6) is 0 Å². The molecule has 0 aliphatic carbocycles. The molecule has 0 radical (unpaired) electrons. The maximum absolute atomic E-state index is 12.7. The number of carbonyl (C=O) groups is 2. The van der Waals surface area contributed by atoms with E-state index in [1.807, 2.05) is 13.0 Å². The number of rotatable bonds is 7. The summed E-state index contributed by atoms with van der Waals surface area (Å²) >= 11 is 0. The van der Waals surface area contributed by atoms with Gasteiger partial charge in [0.25, 0.3) is 6.48 Å². The first-order valence-corrected chi connectivity index (χ1v) is 16.3. The minimum absolute atomic E-state index is 0.0423. The molecule has 5 unspecified atom stereocenters. The van der Waals surface area contributed by atoms with E-state index in [1.54, 1.807) is 45.9 Å². The van der Waals surface area contributed by atoms with Crippen molar-refractivity contribution in [3.63, 3.8) is 0 Å². The SMILES string of the molecule is COC1C(O)CC(=O)O[C@H](C)C/C=C\C=C\C(O)[C@H](C)CC(CC=O)C1O[C@@H]1O[C@H](C)[C@@H](O[C@H]2O[C@H](C)[C@@H](O)[C@@](C)(O)O2)[C@H](C)[C@H]1O. The Labute approximate surface area is 276 Å². The van der Waals surface area contributed by atoms with Gasteiger partial charge in [0.2, 0.25) is 0 Å². The topological polar surface area (TPSA) is 200 Å². The van der Waals surface area contributed by atoms with Crippen molar-refractivity contribution in [3.05, 3.63) is 24.3 Å². The molecule has 0 aromatic heterocycles. The summed E-state index contributed by atoms with van der Waals surface area (Å²) in [6, 6.07) is 0. The lowest BCUT2D eigenvalue weighted by atomic mass is 9.82. The number of cyclic esters (lactones) is 1. The van der Waals surface area contributed by atoms with Gasteiger partial charge in [-0.05, 0) is 46.0 Å². The Balaban J connectivity index is 1.88. The van der Waals surface area contributed by atoms with Gasteiger partial charge in [0.1, 0.15) is 30.7 Å². The van der Waals surface area contributed by atoms with E-state index in [-0.39, 0.29) is 18.8 Å². The van der Waals surface area contributed by atoms with Gasteiger partial charge in [-0.3, -0.25) is 9.53 Å². The van der Waals surface area contributed by atoms with E-state index in [4.69, 9.17) is 33.2 Å². The van der Waals surface area contributed by atoms with Gasteiger partial charge in [-0.25, -0.2) is 0 Å². The quantitative estimate of drug-likeness (QED) is 0.190. The fourth-order valence-electron chi connectivity index (χ4n) is 6.30. The Morgan fingerprint density at radius 2 is 1.68 bits per heavy atom. The van der Waals surface area contributed by atoms with Crippen molar-refractivity contribution in [2.24, 2.45) is 17.8 Å². The number of hydrogen-bond acceptors (Lipinski definition) is 14. The molecule has 14 heteroatoms. The van der Waals surface area contributed by atoms with Gasteiger partial charge in [0.05, 0.1) is 43.0 Å². The molecular formula is C33H54O14. The van der Waals surface area contributed by atoms with Crippen LogP contribution < -0.4 is 0 Å². The van der Waals surface area contributed by atoms with Crippen molar-refractivity contribution >= 4 is 12.3 Å². The molecule has 0 bridgehead atoms. The average Bonchev–Trinajstić information content (AvgIpc) is 2.99. The number of hydrogen-bond donors (Lipinski definition) is 5. The molecule has 2 fully saturated rings. The molecule has 14 nitrogen and oxygen atoms in total. The molecule has 0 aromatic rings. The van der Waals surface area contributed by atoms with E-state index in [1.165, 1.54) is 14.0 Å². The van der Waals surface area contributed by atoms with Gasteiger partial charge in [-0.15, -0.1) is 0 Å². The minimum atomic E-state index is -1.94. The average molecular weight is 675 g/mol. The standard InChI is InChI=1S/C33H54O14/c1-17-15-22(13-14-34)28(29(41-7)24(36)16-25(37)42-18(2)11-9-8-10-12-23(17)35)45-31-26(38)19(3)27(20(4)43-31)46-32-44-21(5)30(39)33(6,40)47-32/h8-10,12,14,17-24,26-32,35-36,38-40H,11,13,15-16H2,1-7H3/b9-8-,12-10+/t17-,18-,19-,20-,21-,22?,23?,24?,26-,27+,28?,29?,30-,31+,32-,33+/m1/s1. The molecular weight excluding hydrogens is 620 g/mol. The molecule has 3 aliphatic heterocycles. The van der Waals surface area contributed by atoms with Crippen LogP contribution in [0.4, 0.5) is 0 Å². The van der Waals surface area contributed by atoms with Crippen LogP contribution in [0, 0.1) is 17.8 Å². The first-order chi connectivity index (χ1) is 22.1. The highest BCUT2D eigenvalue weighted by Gasteiger charge is 2.50. The maximum Gasteiger partial charge on any atom is 0.308 e. The van der Waals surface area contributed by atoms with E-state index in [9.17, 15) is 35.1 Å². The molecule has 3 heterocycles. The number of aldehydes is 1. The van der Waals surface area contributed by atoms with Crippen molar-refractivity contribution in [2.45, 2.75) is 147 Å². The minimum Gasteiger partial charge on any atom is -0.462 e. The molecule has 3 rings (SSSR count). The predicted molar refractivity (Wildman–Crippen MR) is 165 cm³/mol. The summed E-state index contributed by atoms with van der Waals surface area (Å²) in [7, 11) is 1.34. The molecule has 3 aliphatic rings. The van der Waals surface area contributed by atoms with Crippen LogP contribution >= 0.6 is 0 Å². The second kappa shape index (κ2) is 17.7. The Hall–Kier alpha value is -1.82. The zero-order chi connectivity index (χ0) is 35.1. The lowest BCUT2D eigenvalue weighted by Crippen LogP contribution is -2.61. The number of carbonyl (C=O) groups excluding carboxylic acids is 2. The zero-order valence-electron chi connectivity index (χ0n) is 28.3. The second-order valence-corrected chi connectivity index (χ2v) is 13.2. The van der Waals surface area contributed by atoms with Gasteiger partial charge in [-0.2, -0.15) is 0 Å². The van der Waals surface area contributed by atoms with Crippen LogP contribution in [0.3, 0.4) is 0 Å². The number of methoxy groups -OCH3 is 1. The van der Waals surface area contributed by atoms with E-state index in [0.717, 1.165) is 0 Å². The van der Waals surface area contributed by atoms with Crippen molar-refractivity contribution in [1.82, 2.24) is 0 Å². The highest BCUT2D eigenvalue weighted by molar-refractivity contribution is 5.70. The van der Waals surface area contributed by atoms with Gasteiger partial charge in [0.15, 0.2) is 12.1 Å².